The molecule has 0 aliphatic rings. The lowest BCUT2D eigenvalue weighted by Gasteiger charge is -2.03. The van der Waals surface area contributed by atoms with Crippen molar-refractivity contribution in [2.24, 2.45) is 0 Å². The summed E-state index contributed by atoms with van der Waals surface area (Å²) in [5, 5.41) is 6.19. The minimum absolute atomic E-state index is 0.0494. The predicted octanol–water partition coefficient (Wildman–Crippen LogP) is 3.18. The molecule has 0 unspecified atom stereocenters. The lowest BCUT2D eigenvalue weighted by molar-refractivity contribution is 0.0945. The van der Waals surface area contributed by atoms with Gasteiger partial charge in [-0.2, -0.15) is 0 Å². The van der Waals surface area contributed by atoms with Crippen LogP contribution in [0.4, 0.5) is 8.78 Å². The maximum atomic E-state index is 13.8. The van der Waals surface area contributed by atoms with Gasteiger partial charge in [0.1, 0.15) is 23.4 Å². The maximum absolute atomic E-state index is 13.8. The second-order valence-corrected chi connectivity index (χ2v) is 7.33. The number of imidazole rings is 1. The number of nitrogens with one attached hydrogen (secondary N) is 3. The SMILES string of the molecule is O=C(NCc1ncccc1F)c1coc(CCNCCc2nc3c(F)ccc(Cl)c3[nH]2)n1. The highest BCUT2D eigenvalue weighted by Crippen LogP contribution is 2.23. The molecule has 166 valence electrons. The fraction of sp³-hybridized carbons (Fsp3) is 0.238. The number of aromatic amines is 1. The second kappa shape index (κ2) is 9.84. The van der Waals surface area contributed by atoms with Gasteiger partial charge in [-0.25, -0.2) is 18.7 Å². The molecule has 3 heterocycles. The number of rotatable bonds is 9. The van der Waals surface area contributed by atoms with Crippen LogP contribution in [0.2, 0.25) is 5.02 Å². The smallest absolute Gasteiger partial charge is 0.273 e. The van der Waals surface area contributed by atoms with Crippen LogP contribution in [0.15, 0.2) is 41.1 Å². The standard InChI is InChI=1S/C21H19ClF2N6O2/c22-12-3-4-14(24)20-19(12)29-17(30-20)5-8-25-9-6-18-28-16(11-32-18)21(31)27-10-15-13(23)2-1-7-26-15/h1-4,7,11,25H,5-6,8-10H2,(H,27,31)(H,29,30). The van der Waals surface area contributed by atoms with Crippen molar-refractivity contribution in [3.8, 4) is 0 Å². The fourth-order valence-corrected chi connectivity index (χ4v) is 3.25. The number of halogens is 3. The Morgan fingerprint density at radius 1 is 1.12 bits per heavy atom. The first-order valence-corrected chi connectivity index (χ1v) is 10.2. The van der Waals surface area contributed by atoms with Crippen molar-refractivity contribution in [1.82, 2.24) is 30.6 Å². The highest BCUT2D eigenvalue weighted by Gasteiger charge is 2.14. The molecule has 0 atom stereocenters. The van der Waals surface area contributed by atoms with Crippen LogP contribution in [-0.4, -0.2) is 38.9 Å². The number of aromatic nitrogens is 4. The van der Waals surface area contributed by atoms with Gasteiger partial charge in [-0.15, -0.1) is 0 Å². The van der Waals surface area contributed by atoms with Crippen LogP contribution >= 0.6 is 11.6 Å². The lowest BCUT2D eigenvalue weighted by Crippen LogP contribution is -2.24. The number of benzene rings is 1. The van der Waals surface area contributed by atoms with Crippen LogP contribution in [0.3, 0.4) is 0 Å². The van der Waals surface area contributed by atoms with Gasteiger partial charge in [0, 0.05) is 32.1 Å². The molecule has 1 aromatic carbocycles. The Labute approximate surface area is 186 Å². The molecule has 32 heavy (non-hydrogen) atoms. The Morgan fingerprint density at radius 3 is 2.78 bits per heavy atom. The summed E-state index contributed by atoms with van der Waals surface area (Å²) in [7, 11) is 0. The van der Waals surface area contributed by atoms with Gasteiger partial charge in [-0.1, -0.05) is 11.6 Å². The first-order chi connectivity index (χ1) is 15.5. The van der Waals surface area contributed by atoms with Crippen molar-refractivity contribution < 1.29 is 18.0 Å². The fourth-order valence-electron chi connectivity index (χ4n) is 3.06. The summed E-state index contributed by atoms with van der Waals surface area (Å²) in [6.07, 6.45) is 3.72. The molecule has 0 aliphatic heterocycles. The highest BCUT2D eigenvalue weighted by molar-refractivity contribution is 6.34. The van der Waals surface area contributed by atoms with Gasteiger partial charge in [-0.3, -0.25) is 9.78 Å². The van der Waals surface area contributed by atoms with Crippen LogP contribution < -0.4 is 10.6 Å². The Balaban J connectivity index is 1.21. The molecular formula is C21H19ClF2N6O2. The number of nitrogens with zero attached hydrogens (tertiary/aromatic N) is 3. The summed E-state index contributed by atoms with van der Waals surface area (Å²) in [5.74, 6) is -0.374. The van der Waals surface area contributed by atoms with E-state index < -0.39 is 17.5 Å². The Morgan fingerprint density at radius 2 is 1.97 bits per heavy atom. The van der Waals surface area contributed by atoms with Crippen LogP contribution in [0.25, 0.3) is 11.0 Å². The summed E-state index contributed by atoms with van der Waals surface area (Å²) in [4.78, 5) is 27.4. The van der Waals surface area contributed by atoms with Gasteiger partial charge in [0.05, 0.1) is 22.8 Å². The molecular weight excluding hydrogens is 442 g/mol. The summed E-state index contributed by atoms with van der Waals surface area (Å²) < 4.78 is 32.7. The second-order valence-electron chi connectivity index (χ2n) is 6.93. The zero-order valence-electron chi connectivity index (χ0n) is 16.8. The van der Waals surface area contributed by atoms with Gasteiger partial charge < -0.3 is 20.0 Å². The van der Waals surface area contributed by atoms with E-state index >= 15 is 0 Å². The molecule has 1 amide bonds. The predicted molar refractivity (Wildman–Crippen MR) is 113 cm³/mol. The molecule has 0 saturated carbocycles. The molecule has 0 spiro atoms. The largest absolute Gasteiger partial charge is 0.448 e. The van der Waals surface area contributed by atoms with Gasteiger partial charge in [0.25, 0.3) is 5.91 Å². The van der Waals surface area contributed by atoms with E-state index in [4.69, 9.17) is 16.0 Å². The van der Waals surface area contributed by atoms with Crippen LogP contribution in [0.1, 0.15) is 27.9 Å². The summed E-state index contributed by atoms with van der Waals surface area (Å²) in [5.41, 5.74) is 0.961. The molecule has 0 aliphatic carbocycles. The third kappa shape index (κ3) is 5.09. The van der Waals surface area contributed by atoms with Gasteiger partial charge in [0.15, 0.2) is 17.4 Å². The summed E-state index contributed by atoms with van der Waals surface area (Å²) >= 11 is 6.06. The van der Waals surface area contributed by atoms with Crippen molar-refractivity contribution in [3.63, 3.8) is 0 Å². The lowest BCUT2D eigenvalue weighted by atomic mass is 10.3. The summed E-state index contributed by atoms with van der Waals surface area (Å²) in [6, 6.07) is 5.53. The van der Waals surface area contributed by atoms with Crippen molar-refractivity contribution >= 4 is 28.5 Å². The number of H-pyrrole nitrogens is 1. The molecule has 4 rings (SSSR count). The molecule has 8 nitrogen and oxygen atoms in total. The van der Waals surface area contributed by atoms with Gasteiger partial charge in [0.2, 0.25) is 0 Å². The molecule has 0 saturated heterocycles. The number of pyridine rings is 1. The van der Waals surface area contributed by atoms with E-state index in [-0.39, 0.29) is 23.4 Å². The van der Waals surface area contributed by atoms with Gasteiger partial charge >= 0.3 is 0 Å². The number of fused-ring (bicyclic) bond motifs is 1. The van der Waals surface area contributed by atoms with Crippen LogP contribution in [0.5, 0.6) is 0 Å². The molecule has 0 bridgehead atoms. The van der Waals surface area contributed by atoms with Crippen LogP contribution in [0, 0.1) is 11.6 Å². The minimum Gasteiger partial charge on any atom is -0.448 e. The van der Waals surface area contributed by atoms with E-state index in [1.807, 2.05) is 0 Å². The average molecular weight is 461 g/mol. The van der Waals surface area contributed by atoms with E-state index in [1.54, 1.807) is 0 Å². The topological polar surface area (TPSA) is 109 Å². The van der Waals surface area contributed by atoms with Crippen molar-refractivity contribution in [2.45, 2.75) is 19.4 Å². The molecule has 0 radical (unpaired) electrons. The molecule has 3 N–H and O–H groups in total. The number of carbonyl (C=O) groups is 1. The Bertz CT molecular complexity index is 1200. The summed E-state index contributed by atoms with van der Waals surface area (Å²) in [6.45, 7) is 1.09. The maximum Gasteiger partial charge on any atom is 0.273 e. The van der Waals surface area contributed by atoms with E-state index in [1.165, 1.54) is 36.7 Å². The van der Waals surface area contributed by atoms with Crippen LogP contribution in [-0.2, 0) is 19.4 Å². The quantitative estimate of drug-likeness (QED) is 0.331. The van der Waals surface area contributed by atoms with Crippen molar-refractivity contribution in [2.75, 3.05) is 13.1 Å². The van der Waals surface area contributed by atoms with Crippen molar-refractivity contribution in [1.29, 1.82) is 0 Å². The number of oxazole rings is 1. The van der Waals surface area contributed by atoms with E-state index in [2.05, 4.69) is 30.6 Å². The number of amides is 1. The number of carbonyl (C=O) groups excluding carboxylic acids is 1. The monoisotopic (exact) mass is 460 g/mol. The Hall–Kier alpha value is -3.37. The van der Waals surface area contributed by atoms with E-state index in [0.29, 0.717) is 48.2 Å². The zero-order chi connectivity index (χ0) is 22.5. The van der Waals surface area contributed by atoms with E-state index in [9.17, 15) is 13.6 Å². The average Bonchev–Trinajstić information content (AvgIpc) is 3.44. The van der Waals surface area contributed by atoms with Gasteiger partial charge in [-0.05, 0) is 24.3 Å². The molecule has 4 aromatic rings. The zero-order valence-corrected chi connectivity index (χ0v) is 17.5. The Kier molecular flexibility index (Phi) is 6.72. The first-order valence-electron chi connectivity index (χ1n) is 9.86. The highest BCUT2D eigenvalue weighted by atomic mass is 35.5. The third-order valence-corrected chi connectivity index (χ3v) is 5.00. The molecule has 11 heteroatoms. The minimum atomic E-state index is -0.490. The number of hydrogen-bond acceptors (Lipinski definition) is 6. The first kappa shape index (κ1) is 21.8. The molecule has 3 aromatic heterocycles. The normalized spacial score (nSPS) is 11.2. The number of hydrogen-bond donors (Lipinski definition) is 3. The van der Waals surface area contributed by atoms with E-state index in [0.717, 1.165) is 0 Å². The molecule has 0 fully saturated rings. The third-order valence-electron chi connectivity index (χ3n) is 4.68. The van der Waals surface area contributed by atoms with Crippen molar-refractivity contribution in [3.05, 3.63) is 76.5 Å².